The van der Waals surface area contributed by atoms with Crippen LogP contribution in [0.1, 0.15) is 16.7 Å². The summed E-state index contributed by atoms with van der Waals surface area (Å²) >= 11 is 0. The molecule has 4 rings (SSSR count). The summed E-state index contributed by atoms with van der Waals surface area (Å²) in [4.78, 5) is 0. The predicted molar refractivity (Wildman–Crippen MR) is 115 cm³/mol. The summed E-state index contributed by atoms with van der Waals surface area (Å²) in [7, 11) is 0. The molecule has 0 radical (unpaired) electrons. The molecule has 4 aromatic rings. The average Bonchev–Trinajstić information content (AvgIpc) is 2.72. The second kappa shape index (κ2) is 7.25. The van der Waals surface area contributed by atoms with Gasteiger partial charge in [-0.3, -0.25) is 0 Å². The van der Waals surface area contributed by atoms with E-state index in [9.17, 15) is 0 Å². The summed E-state index contributed by atoms with van der Waals surface area (Å²) in [6.07, 6.45) is 6.28. The summed E-state index contributed by atoms with van der Waals surface area (Å²) in [5.74, 6) is 0. The molecule has 0 fully saturated rings. The van der Waals surface area contributed by atoms with Crippen LogP contribution in [0.25, 0.3) is 40.1 Å². The maximum absolute atomic E-state index is 3.92. The molecule has 0 atom stereocenters. The molecule has 0 aromatic heterocycles. The Morgan fingerprint density at radius 3 is 2.00 bits per heavy atom. The first-order valence-corrected chi connectivity index (χ1v) is 8.83. The van der Waals surface area contributed by atoms with Gasteiger partial charge in [0.1, 0.15) is 0 Å². The van der Waals surface area contributed by atoms with Gasteiger partial charge < -0.3 is 0 Å². The van der Waals surface area contributed by atoms with Crippen LogP contribution in [0.5, 0.6) is 0 Å². The van der Waals surface area contributed by atoms with Gasteiger partial charge in [0.05, 0.1) is 0 Å². The van der Waals surface area contributed by atoms with Crippen molar-refractivity contribution >= 4 is 29.0 Å². The van der Waals surface area contributed by atoms with Crippen LogP contribution >= 0.6 is 0 Å². The van der Waals surface area contributed by atoms with E-state index in [-0.39, 0.29) is 0 Å². The highest BCUT2D eigenvalue weighted by Gasteiger charge is 2.08. The molecule has 0 saturated heterocycles. The number of benzene rings is 4. The van der Waals surface area contributed by atoms with Gasteiger partial charge in [0.25, 0.3) is 0 Å². The Kier molecular flexibility index (Phi) is 4.49. The maximum atomic E-state index is 3.92. The molecule has 0 spiro atoms. The molecule has 0 heteroatoms. The Morgan fingerprint density at radius 2 is 1.19 bits per heavy atom. The molecule has 0 heterocycles. The van der Waals surface area contributed by atoms with Crippen molar-refractivity contribution in [1.82, 2.24) is 0 Å². The summed E-state index contributed by atoms with van der Waals surface area (Å²) < 4.78 is 0. The molecule has 0 nitrogen and oxygen atoms in total. The van der Waals surface area contributed by atoms with E-state index in [0.29, 0.717) is 0 Å². The zero-order chi connectivity index (χ0) is 17.8. The van der Waals surface area contributed by atoms with Gasteiger partial charge in [-0.2, -0.15) is 0 Å². The van der Waals surface area contributed by atoms with E-state index < -0.39 is 0 Å². The van der Waals surface area contributed by atoms with Crippen LogP contribution in [0.4, 0.5) is 0 Å². The van der Waals surface area contributed by atoms with Crippen molar-refractivity contribution in [2.75, 3.05) is 0 Å². The number of hydrogen-bond acceptors (Lipinski definition) is 0. The molecule has 0 aliphatic rings. The molecule has 0 N–H and O–H groups in total. The van der Waals surface area contributed by atoms with Crippen molar-refractivity contribution in [2.45, 2.75) is 0 Å². The standard InChI is InChI=1S/C26H20/c1-2-20-10-6-7-11-21(20)16-18-24-19-17-22-12-8-9-15-25(22)26(24)23-13-4-3-5-14-23/h2-19H,1H2. The molecule has 0 aliphatic heterocycles. The zero-order valence-corrected chi connectivity index (χ0v) is 14.6. The van der Waals surface area contributed by atoms with Crippen LogP contribution in [-0.4, -0.2) is 0 Å². The van der Waals surface area contributed by atoms with Gasteiger partial charge in [0.15, 0.2) is 0 Å². The normalized spacial score (nSPS) is 11.1. The lowest BCUT2D eigenvalue weighted by molar-refractivity contribution is 1.61. The van der Waals surface area contributed by atoms with Crippen molar-refractivity contribution < 1.29 is 0 Å². The number of hydrogen-bond donors (Lipinski definition) is 0. The molecule has 4 aromatic carbocycles. The third-order valence-corrected chi connectivity index (χ3v) is 4.68. The van der Waals surface area contributed by atoms with Crippen molar-refractivity contribution in [3.63, 3.8) is 0 Å². The molecule has 26 heavy (non-hydrogen) atoms. The molecule has 0 saturated carbocycles. The molecular formula is C26H20. The predicted octanol–water partition coefficient (Wildman–Crippen LogP) is 7.32. The lowest BCUT2D eigenvalue weighted by atomic mass is 9.92. The van der Waals surface area contributed by atoms with Crippen LogP contribution in [-0.2, 0) is 0 Å². The molecule has 124 valence electrons. The van der Waals surface area contributed by atoms with Crippen LogP contribution < -0.4 is 0 Å². The van der Waals surface area contributed by atoms with Crippen LogP contribution in [0, 0.1) is 0 Å². The minimum absolute atomic E-state index is 1.14. The van der Waals surface area contributed by atoms with E-state index in [1.165, 1.54) is 33.0 Å². The fourth-order valence-corrected chi connectivity index (χ4v) is 3.38. The van der Waals surface area contributed by atoms with Crippen molar-refractivity contribution in [3.8, 4) is 11.1 Å². The second-order valence-electron chi connectivity index (χ2n) is 6.28. The topological polar surface area (TPSA) is 0 Å². The zero-order valence-electron chi connectivity index (χ0n) is 14.6. The molecular weight excluding hydrogens is 312 g/mol. The average molecular weight is 332 g/mol. The lowest BCUT2D eigenvalue weighted by Crippen LogP contribution is -1.87. The summed E-state index contributed by atoms with van der Waals surface area (Å²) in [5.41, 5.74) is 6.05. The summed E-state index contributed by atoms with van der Waals surface area (Å²) in [5, 5.41) is 2.54. The van der Waals surface area contributed by atoms with Gasteiger partial charge in [-0.1, -0.05) is 116 Å². The highest BCUT2D eigenvalue weighted by molar-refractivity contribution is 6.01. The Labute approximate surface area is 154 Å². The quantitative estimate of drug-likeness (QED) is 0.343. The Hall–Kier alpha value is -3.38. The number of rotatable bonds is 4. The Balaban J connectivity index is 1.90. The van der Waals surface area contributed by atoms with Gasteiger partial charge in [0, 0.05) is 0 Å². The second-order valence-corrected chi connectivity index (χ2v) is 6.28. The van der Waals surface area contributed by atoms with Crippen molar-refractivity contribution in [1.29, 1.82) is 0 Å². The number of fused-ring (bicyclic) bond motifs is 1. The lowest BCUT2D eigenvalue weighted by Gasteiger charge is -2.11. The van der Waals surface area contributed by atoms with E-state index in [4.69, 9.17) is 0 Å². The van der Waals surface area contributed by atoms with E-state index in [2.05, 4.69) is 104 Å². The fraction of sp³-hybridized carbons (Fsp3) is 0. The highest BCUT2D eigenvalue weighted by Crippen LogP contribution is 2.33. The van der Waals surface area contributed by atoms with Gasteiger partial charge >= 0.3 is 0 Å². The fourth-order valence-electron chi connectivity index (χ4n) is 3.38. The van der Waals surface area contributed by atoms with Crippen LogP contribution in [0.3, 0.4) is 0 Å². The SMILES string of the molecule is C=Cc1ccccc1C=Cc1ccc2ccccc2c1-c1ccccc1. The molecule has 0 amide bonds. The van der Waals surface area contributed by atoms with E-state index in [1.807, 2.05) is 12.1 Å². The maximum Gasteiger partial charge on any atom is -0.00328 e. The van der Waals surface area contributed by atoms with Gasteiger partial charge in [-0.05, 0) is 38.6 Å². The molecule has 0 unspecified atom stereocenters. The first kappa shape index (κ1) is 16.1. The third-order valence-electron chi connectivity index (χ3n) is 4.68. The largest absolute Gasteiger partial charge is 0.0984 e. The summed E-state index contributed by atoms with van der Waals surface area (Å²) in [6.45, 7) is 3.92. The van der Waals surface area contributed by atoms with Crippen molar-refractivity contribution in [3.05, 3.63) is 114 Å². The smallest absolute Gasteiger partial charge is 0.00328 e. The monoisotopic (exact) mass is 332 g/mol. The minimum atomic E-state index is 1.14. The van der Waals surface area contributed by atoms with E-state index >= 15 is 0 Å². The first-order valence-electron chi connectivity index (χ1n) is 8.83. The minimum Gasteiger partial charge on any atom is -0.0984 e. The van der Waals surface area contributed by atoms with Gasteiger partial charge in [-0.15, -0.1) is 0 Å². The molecule has 0 aliphatic carbocycles. The summed E-state index contributed by atoms with van der Waals surface area (Å²) in [6, 6.07) is 31.9. The van der Waals surface area contributed by atoms with Gasteiger partial charge in [-0.25, -0.2) is 0 Å². The Morgan fingerprint density at radius 1 is 0.538 bits per heavy atom. The Bertz CT molecular complexity index is 1090. The van der Waals surface area contributed by atoms with E-state index in [1.54, 1.807) is 0 Å². The van der Waals surface area contributed by atoms with Crippen LogP contribution in [0.2, 0.25) is 0 Å². The third kappa shape index (κ3) is 3.10. The van der Waals surface area contributed by atoms with E-state index in [0.717, 1.165) is 5.56 Å². The van der Waals surface area contributed by atoms with Crippen LogP contribution in [0.15, 0.2) is 97.6 Å². The van der Waals surface area contributed by atoms with Gasteiger partial charge in [0.2, 0.25) is 0 Å². The molecule has 0 bridgehead atoms. The highest BCUT2D eigenvalue weighted by atomic mass is 14.1. The first-order chi connectivity index (χ1) is 12.9. The van der Waals surface area contributed by atoms with Crippen molar-refractivity contribution in [2.24, 2.45) is 0 Å².